The molecule has 2 aliphatic rings. The van der Waals surface area contributed by atoms with E-state index < -0.39 is 5.97 Å². The highest BCUT2D eigenvalue weighted by molar-refractivity contribution is 6.35. The number of carboxylic acid groups (broad SMARTS) is 1. The maximum atomic E-state index is 11.6. The number of rotatable bonds is 9. The molecule has 216 valence electrons. The van der Waals surface area contributed by atoms with Crippen molar-refractivity contribution in [1.29, 1.82) is 0 Å². The molecule has 3 aromatic heterocycles. The summed E-state index contributed by atoms with van der Waals surface area (Å²) < 4.78 is 19.6. The molecule has 0 bridgehead atoms. The predicted octanol–water partition coefficient (Wildman–Crippen LogP) is 6.28. The molecule has 2 fully saturated rings. The normalized spacial score (nSPS) is 18.0. The molecule has 10 heteroatoms. The van der Waals surface area contributed by atoms with Crippen molar-refractivity contribution in [3.05, 3.63) is 88.5 Å². The summed E-state index contributed by atoms with van der Waals surface area (Å²) in [5.41, 5.74) is 4.64. The number of likely N-dealkylation sites (tertiary alicyclic amines) is 1. The van der Waals surface area contributed by atoms with Crippen molar-refractivity contribution in [1.82, 2.24) is 19.4 Å². The highest BCUT2D eigenvalue weighted by atomic mass is 35.5. The first-order chi connectivity index (χ1) is 20.5. The summed E-state index contributed by atoms with van der Waals surface area (Å²) in [5, 5.41) is 11.1. The monoisotopic (exact) mass is 586 g/mol. The Morgan fingerprint density at radius 2 is 1.93 bits per heavy atom. The number of carboxylic acids is 1. The van der Waals surface area contributed by atoms with E-state index in [1.807, 2.05) is 30.3 Å². The number of nitrogens with zero attached hydrogens (tertiary/aromatic N) is 4. The van der Waals surface area contributed by atoms with Crippen LogP contribution in [0.2, 0.25) is 5.02 Å². The van der Waals surface area contributed by atoms with Crippen molar-refractivity contribution in [2.75, 3.05) is 19.7 Å². The van der Waals surface area contributed by atoms with Crippen LogP contribution in [0, 0.1) is 0 Å². The number of ether oxygens (including phenoxy) is 2. The van der Waals surface area contributed by atoms with Crippen molar-refractivity contribution < 1.29 is 23.8 Å². The second kappa shape index (κ2) is 11.4. The fourth-order valence-corrected chi connectivity index (χ4v) is 6.15. The Hall–Kier alpha value is -3.92. The lowest BCUT2D eigenvalue weighted by Gasteiger charge is -2.32. The number of hydrogen-bond acceptors (Lipinski definition) is 7. The fraction of sp³-hybridized carbons (Fsp3) is 0.344. The minimum absolute atomic E-state index is 0.144. The van der Waals surface area contributed by atoms with Crippen LogP contribution in [0.25, 0.3) is 22.0 Å². The minimum Gasteiger partial charge on any atom is -0.478 e. The quantitative estimate of drug-likeness (QED) is 0.215. The summed E-state index contributed by atoms with van der Waals surface area (Å²) in [4.78, 5) is 23.8. The lowest BCUT2D eigenvalue weighted by atomic mass is 9.93. The SMILES string of the molecule is O=C(O)c1ccc2nc(CN3CCC(c4cccc(OCc5ccc(Cl)c6ccoc56)n4)CC3)n(C[C@@H]3CCO3)c2c1. The number of carbonyl (C=O) groups is 1. The topological polar surface area (TPSA) is 103 Å². The number of pyridine rings is 1. The van der Waals surface area contributed by atoms with Crippen molar-refractivity contribution in [3.63, 3.8) is 0 Å². The molecular formula is C32H31ClN4O5. The van der Waals surface area contributed by atoms with Crippen LogP contribution in [-0.4, -0.2) is 56.3 Å². The Morgan fingerprint density at radius 3 is 2.71 bits per heavy atom. The van der Waals surface area contributed by atoms with E-state index in [1.54, 1.807) is 24.5 Å². The Bertz CT molecular complexity index is 1750. The Labute approximate surface area is 247 Å². The van der Waals surface area contributed by atoms with E-state index in [0.717, 1.165) is 78.0 Å². The first-order valence-electron chi connectivity index (χ1n) is 14.3. The molecule has 1 N–H and O–H groups in total. The van der Waals surface area contributed by atoms with E-state index in [0.29, 0.717) is 36.5 Å². The van der Waals surface area contributed by atoms with E-state index in [4.69, 9.17) is 35.5 Å². The molecule has 42 heavy (non-hydrogen) atoms. The number of imidazole rings is 1. The van der Waals surface area contributed by atoms with Crippen molar-refractivity contribution in [2.24, 2.45) is 0 Å². The molecule has 0 aliphatic carbocycles. The third-order valence-corrected chi connectivity index (χ3v) is 8.72. The molecule has 7 rings (SSSR count). The third kappa shape index (κ3) is 5.35. The van der Waals surface area contributed by atoms with Crippen LogP contribution in [0.3, 0.4) is 0 Å². The maximum absolute atomic E-state index is 11.6. The van der Waals surface area contributed by atoms with Crippen molar-refractivity contribution in [2.45, 2.75) is 51.0 Å². The standard InChI is InChI=1S/C32H31ClN4O5/c33-25-6-4-22(31-24(25)11-15-41-31)19-42-30-3-1-2-26(35-30)20-8-12-36(13-9-20)18-29-34-27-7-5-21(32(38)39)16-28(27)37(29)17-23-10-14-40-23/h1-7,11,15-16,20,23H,8-10,12-14,17-19H2,(H,38,39)/t23-/m0/s1. The molecule has 2 aromatic carbocycles. The summed E-state index contributed by atoms with van der Waals surface area (Å²) in [5.74, 6) is 0.952. The van der Waals surface area contributed by atoms with Gasteiger partial charge in [0.1, 0.15) is 18.0 Å². The van der Waals surface area contributed by atoms with Gasteiger partial charge in [0.05, 0.1) is 47.1 Å². The molecule has 0 spiro atoms. The molecule has 5 heterocycles. The van der Waals surface area contributed by atoms with Gasteiger partial charge in [-0.3, -0.25) is 4.90 Å². The van der Waals surface area contributed by atoms with Crippen LogP contribution in [0.4, 0.5) is 0 Å². The average Bonchev–Trinajstić information content (AvgIpc) is 3.61. The van der Waals surface area contributed by atoms with Gasteiger partial charge in [-0.15, -0.1) is 0 Å². The molecule has 0 saturated carbocycles. The number of fused-ring (bicyclic) bond motifs is 2. The molecule has 0 radical (unpaired) electrons. The minimum atomic E-state index is -0.934. The van der Waals surface area contributed by atoms with Gasteiger partial charge in [-0.1, -0.05) is 23.7 Å². The Kier molecular flexibility index (Phi) is 7.31. The van der Waals surface area contributed by atoms with Gasteiger partial charge in [0, 0.05) is 35.2 Å². The van der Waals surface area contributed by atoms with E-state index in [9.17, 15) is 9.90 Å². The number of aromatic carboxylic acids is 1. The zero-order valence-corrected chi connectivity index (χ0v) is 23.8. The predicted molar refractivity (Wildman–Crippen MR) is 158 cm³/mol. The number of piperidine rings is 1. The zero-order chi connectivity index (χ0) is 28.6. The number of hydrogen-bond donors (Lipinski definition) is 1. The van der Waals surface area contributed by atoms with Gasteiger partial charge in [0.15, 0.2) is 0 Å². The number of benzene rings is 2. The van der Waals surface area contributed by atoms with Crippen LogP contribution in [0.15, 0.2) is 65.3 Å². The summed E-state index contributed by atoms with van der Waals surface area (Å²) in [6, 6.07) is 16.8. The van der Waals surface area contributed by atoms with Crippen LogP contribution in [0.1, 0.15) is 52.6 Å². The van der Waals surface area contributed by atoms with Gasteiger partial charge in [0.2, 0.25) is 5.88 Å². The first-order valence-corrected chi connectivity index (χ1v) is 14.7. The number of halogens is 1. The second-order valence-corrected chi connectivity index (χ2v) is 11.4. The van der Waals surface area contributed by atoms with Crippen molar-refractivity contribution >= 4 is 39.6 Å². The van der Waals surface area contributed by atoms with Gasteiger partial charge in [-0.05, 0) is 68.8 Å². The average molecular weight is 587 g/mol. The van der Waals surface area contributed by atoms with Gasteiger partial charge in [0.25, 0.3) is 0 Å². The highest BCUT2D eigenvalue weighted by Gasteiger charge is 2.26. The first kappa shape index (κ1) is 26.9. The fourth-order valence-electron chi connectivity index (χ4n) is 5.94. The molecule has 1 atom stereocenters. The number of aromatic nitrogens is 3. The van der Waals surface area contributed by atoms with Gasteiger partial charge >= 0.3 is 5.97 Å². The molecular weight excluding hydrogens is 556 g/mol. The van der Waals surface area contributed by atoms with Gasteiger partial charge in [-0.2, -0.15) is 0 Å². The third-order valence-electron chi connectivity index (χ3n) is 8.39. The van der Waals surface area contributed by atoms with E-state index in [1.165, 1.54) is 0 Å². The van der Waals surface area contributed by atoms with Gasteiger partial charge < -0.3 is 23.6 Å². The highest BCUT2D eigenvalue weighted by Crippen LogP contribution is 2.31. The summed E-state index contributed by atoms with van der Waals surface area (Å²) in [6.45, 7) is 4.34. The smallest absolute Gasteiger partial charge is 0.335 e. The Morgan fingerprint density at radius 1 is 1.07 bits per heavy atom. The summed E-state index contributed by atoms with van der Waals surface area (Å²) in [7, 11) is 0. The van der Waals surface area contributed by atoms with E-state index >= 15 is 0 Å². The lowest BCUT2D eigenvalue weighted by molar-refractivity contribution is -0.0592. The zero-order valence-electron chi connectivity index (χ0n) is 23.0. The summed E-state index contributed by atoms with van der Waals surface area (Å²) >= 11 is 6.27. The molecule has 0 unspecified atom stereocenters. The van der Waals surface area contributed by atoms with Crippen LogP contribution in [0.5, 0.6) is 5.88 Å². The molecule has 5 aromatic rings. The van der Waals surface area contributed by atoms with Crippen molar-refractivity contribution in [3.8, 4) is 5.88 Å². The second-order valence-electron chi connectivity index (χ2n) is 11.0. The van der Waals surface area contributed by atoms with Crippen LogP contribution in [-0.2, 0) is 24.4 Å². The van der Waals surface area contributed by atoms with Crippen LogP contribution >= 0.6 is 11.6 Å². The van der Waals surface area contributed by atoms with E-state index in [2.05, 4.69) is 15.5 Å². The lowest BCUT2D eigenvalue weighted by Crippen LogP contribution is -2.35. The van der Waals surface area contributed by atoms with E-state index in [-0.39, 0.29) is 11.7 Å². The van der Waals surface area contributed by atoms with Crippen LogP contribution < -0.4 is 4.74 Å². The molecule has 0 amide bonds. The Balaban J connectivity index is 1.01. The molecule has 2 saturated heterocycles. The molecule has 2 aliphatic heterocycles. The maximum Gasteiger partial charge on any atom is 0.335 e. The van der Waals surface area contributed by atoms with Gasteiger partial charge in [-0.25, -0.2) is 14.8 Å². The summed E-state index contributed by atoms with van der Waals surface area (Å²) in [6.07, 6.45) is 4.75. The number of furan rings is 1. The molecule has 9 nitrogen and oxygen atoms in total. The largest absolute Gasteiger partial charge is 0.478 e.